The van der Waals surface area contributed by atoms with E-state index >= 15 is 0 Å². The second kappa shape index (κ2) is 11.0. The summed E-state index contributed by atoms with van der Waals surface area (Å²) in [5, 5.41) is 13.5. The maximum absolute atomic E-state index is 13.5. The summed E-state index contributed by atoms with van der Waals surface area (Å²) in [5.41, 5.74) is 1.30. The maximum atomic E-state index is 13.5. The number of fused-ring (bicyclic) bond motifs is 1. The van der Waals surface area contributed by atoms with E-state index in [2.05, 4.69) is 20.2 Å². The summed E-state index contributed by atoms with van der Waals surface area (Å²) in [5.74, 6) is 1.25. The second-order valence-corrected chi connectivity index (χ2v) is 8.47. The molecule has 1 aromatic heterocycles. The number of benzene rings is 2. The number of rotatable bonds is 9. The number of nitrogens with zero attached hydrogens (tertiary/aromatic N) is 3. The molecule has 0 amide bonds. The van der Waals surface area contributed by atoms with Crippen molar-refractivity contribution >= 4 is 34.0 Å². The third kappa shape index (κ3) is 5.63. The Labute approximate surface area is 197 Å². The lowest BCUT2D eigenvalue weighted by molar-refractivity contribution is 0.0850. The molecule has 0 unspecified atom stereocenters. The minimum Gasteiger partial charge on any atom is -0.493 e. The van der Waals surface area contributed by atoms with E-state index in [-0.39, 0.29) is 17.7 Å². The summed E-state index contributed by atoms with van der Waals surface area (Å²) in [6, 6.07) is 8.30. The molecule has 9 heteroatoms. The molecule has 4 rings (SSSR count). The van der Waals surface area contributed by atoms with Gasteiger partial charge in [0.1, 0.15) is 18.0 Å². The van der Waals surface area contributed by atoms with Crippen LogP contribution in [0.15, 0.2) is 36.7 Å². The van der Waals surface area contributed by atoms with E-state index in [1.807, 2.05) is 12.1 Å². The van der Waals surface area contributed by atoms with Crippen molar-refractivity contribution in [1.29, 1.82) is 0 Å². The molecule has 0 aliphatic carbocycles. The fraction of sp³-hybridized carbons (Fsp3) is 0.417. The normalized spacial score (nSPS) is 16.7. The maximum Gasteiger partial charge on any atom is 0.162 e. The van der Waals surface area contributed by atoms with Gasteiger partial charge in [-0.3, -0.25) is 4.90 Å². The van der Waals surface area contributed by atoms with Gasteiger partial charge in [0.25, 0.3) is 0 Å². The van der Waals surface area contributed by atoms with E-state index in [1.165, 1.54) is 31.3 Å². The lowest BCUT2D eigenvalue weighted by atomic mass is 10.0. The fourth-order valence-electron chi connectivity index (χ4n) is 4.16. The van der Waals surface area contributed by atoms with E-state index in [9.17, 15) is 9.50 Å². The van der Waals surface area contributed by atoms with Gasteiger partial charge in [-0.25, -0.2) is 14.4 Å². The molecule has 1 aliphatic heterocycles. The van der Waals surface area contributed by atoms with Crippen molar-refractivity contribution < 1.29 is 19.0 Å². The number of likely N-dealkylation sites (tertiary alicyclic amines) is 1. The molecule has 3 aromatic rings. The summed E-state index contributed by atoms with van der Waals surface area (Å²) in [6.07, 6.45) is 5.68. The predicted molar refractivity (Wildman–Crippen MR) is 127 cm³/mol. The molecule has 1 fully saturated rings. The van der Waals surface area contributed by atoms with Crippen molar-refractivity contribution in [3.63, 3.8) is 0 Å². The van der Waals surface area contributed by atoms with Crippen LogP contribution in [0.1, 0.15) is 25.7 Å². The number of halogens is 2. The highest BCUT2D eigenvalue weighted by Gasteiger charge is 2.21. The Morgan fingerprint density at radius 1 is 1.21 bits per heavy atom. The fourth-order valence-corrected chi connectivity index (χ4v) is 4.34. The summed E-state index contributed by atoms with van der Waals surface area (Å²) in [7, 11) is 1.59. The number of aromatic nitrogens is 2. The number of piperidine rings is 1. The molecule has 2 N–H and O–H groups in total. The van der Waals surface area contributed by atoms with Crippen LogP contribution >= 0.6 is 11.6 Å². The molecule has 1 atom stereocenters. The second-order valence-electron chi connectivity index (χ2n) is 8.07. The Bertz CT molecular complexity index is 1100. The highest BCUT2D eigenvalue weighted by molar-refractivity contribution is 6.31. The molecular formula is C24H28ClFN4O3. The third-order valence-corrected chi connectivity index (χ3v) is 6.20. The van der Waals surface area contributed by atoms with Crippen LogP contribution in [0, 0.1) is 5.82 Å². The molecule has 1 saturated heterocycles. The van der Waals surface area contributed by atoms with E-state index < -0.39 is 5.82 Å². The van der Waals surface area contributed by atoms with Gasteiger partial charge >= 0.3 is 0 Å². The van der Waals surface area contributed by atoms with Crippen LogP contribution in [-0.4, -0.2) is 59.4 Å². The van der Waals surface area contributed by atoms with Crippen LogP contribution < -0.4 is 14.8 Å². The van der Waals surface area contributed by atoms with Gasteiger partial charge in [0.05, 0.1) is 30.9 Å². The number of anilines is 2. The van der Waals surface area contributed by atoms with Crippen molar-refractivity contribution in [2.75, 3.05) is 38.7 Å². The van der Waals surface area contributed by atoms with Gasteiger partial charge in [0.15, 0.2) is 11.5 Å². The average molecular weight is 475 g/mol. The number of nitrogens with one attached hydrogen (secondary N) is 1. The van der Waals surface area contributed by atoms with E-state index in [4.69, 9.17) is 21.1 Å². The van der Waals surface area contributed by atoms with Crippen molar-refractivity contribution in [1.82, 2.24) is 14.9 Å². The molecule has 1 aliphatic rings. The lowest BCUT2D eigenvalue weighted by Gasteiger charge is -2.34. The van der Waals surface area contributed by atoms with E-state index in [1.54, 1.807) is 13.2 Å². The molecule has 0 bridgehead atoms. The molecule has 0 spiro atoms. The molecular weight excluding hydrogens is 447 g/mol. The van der Waals surface area contributed by atoms with Crippen molar-refractivity contribution in [3.8, 4) is 11.5 Å². The van der Waals surface area contributed by atoms with Crippen molar-refractivity contribution in [2.24, 2.45) is 0 Å². The third-order valence-electron chi connectivity index (χ3n) is 5.91. The standard InChI is InChI=1S/C24H28ClFN4O3/c1-32-22-13-21-18(24(28-15-27-21)29-16-6-7-20(26)19(25)11-16)12-23(22)33-10-4-9-30-8-3-2-5-17(30)14-31/h6-7,11-13,15,17,31H,2-5,8-10,14H2,1H3,(H,27,28,29)/t17-/m0/s1. The Morgan fingerprint density at radius 2 is 2.09 bits per heavy atom. The number of ether oxygens (including phenoxy) is 2. The summed E-state index contributed by atoms with van der Waals surface area (Å²) < 4.78 is 25.1. The Hall–Kier alpha value is -2.68. The first-order valence-electron chi connectivity index (χ1n) is 11.1. The summed E-state index contributed by atoms with van der Waals surface area (Å²) in [6.45, 7) is 2.61. The minimum atomic E-state index is -0.481. The monoisotopic (exact) mass is 474 g/mol. The number of hydrogen-bond donors (Lipinski definition) is 2. The molecule has 176 valence electrons. The number of methoxy groups -OCH3 is 1. The van der Waals surface area contributed by atoms with Crippen LogP contribution in [-0.2, 0) is 0 Å². The van der Waals surface area contributed by atoms with Crippen LogP contribution in [0.5, 0.6) is 11.5 Å². The van der Waals surface area contributed by atoms with Crippen molar-refractivity contribution in [2.45, 2.75) is 31.7 Å². The Balaban J connectivity index is 1.49. The van der Waals surface area contributed by atoms with Gasteiger partial charge < -0.3 is 19.9 Å². The van der Waals surface area contributed by atoms with Gasteiger partial charge in [0, 0.05) is 29.7 Å². The van der Waals surface area contributed by atoms with Gasteiger partial charge in [-0.2, -0.15) is 0 Å². The Kier molecular flexibility index (Phi) is 7.80. The first-order valence-corrected chi connectivity index (χ1v) is 11.5. The zero-order valence-electron chi connectivity index (χ0n) is 18.6. The zero-order valence-corrected chi connectivity index (χ0v) is 19.3. The van der Waals surface area contributed by atoms with E-state index in [0.717, 1.165) is 31.3 Å². The zero-order chi connectivity index (χ0) is 23.2. The largest absolute Gasteiger partial charge is 0.493 e. The van der Waals surface area contributed by atoms with Crippen LogP contribution in [0.2, 0.25) is 5.02 Å². The lowest BCUT2D eigenvalue weighted by Crippen LogP contribution is -2.42. The first-order chi connectivity index (χ1) is 16.1. The molecule has 0 saturated carbocycles. The topological polar surface area (TPSA) is 79.7 Å². The SMILES string of the molecule is COc1cc2ncnc(Nc3ccc(F)c(Cl)c3)c2cc1OCCCN1CCCC[C@H]1CO. The summed E-state index contributed by atoms with van der Waals surface area (Å²) >= 11 is 5.91. The number of hydrogen-bond acceptors (Lipinski definition) is 7. The van der Waals surface area contributed by atoms with Gasteiger partial charge in [-0.05, 0) is 50.1 Å². The smallest absolute Gasteiger partial charge is 0.162 e. The van der Waals surface area contributed by atoms with Gasteiger partial charge in [-0.15, -0.1) is 0 Å². The molecule has 0 radical (unpaired) electrons. The van der Waals surface area contributed by atoms with E-state index in [0.29, 0.717) is 35.1 Å². The van der Waals surface area contributed by atoms with Crippen LogP contribution in [0.3, 0.4) is 0 Å². The number of aliphatic hydroxyl groups excluding tert-OH is 1. The predicted octanol–water partition coefficient (Wildman–Crippen LogP) is 4.79. The quantitative estimate of drug-likeness (QED) is 0.431. The molecule has 33 heavy (non-hydrogen) atoms. The van der Waals surface area contributed by atoms with Crippen LogP contribution in [0.4, 0.5) is 15.9 Å². The van der Waals surface area contributed by atoms with Gasteiger partial charge in [-0.1, -0.05) is 18.0 Å². The highest BCUT2D eigenvalue weighted by Crippen LogP contribution is 2.35. The minimum absolute atomic E-state index is 0.0289. The first kappa shape index (κ1) is 23.5. The van der Waals surface area contributed by atoms with Gasteiger partial charge in [0.2, 0.25) is 0 Å². The van der Waals surface area contributed by atoms with Crippen LogP contribution in [0.25, 0.3) is 10.9 Å². The average Bonchev–Trinajstić information content (AvgIpc) is 2.84. The molecule has 2 heterocycles. The van der Waals surface area contributed by atoms with Crippen molar-refractivity contribution in [3.05, 3.63) is 47.5 Å². The Morgan fingerprint density at radius 3 is 2.88 bits per heavy atom. The molecule has 7 nitrogen and oxygen atoms in total. The number of aliphatic hydroxyl groups is 1. The highest BCUT2D eigenvalue weighted by atomic mass is 35.5. The molecule has 2 aromatic carbocycles. The summed E-state index contributed by atoms with van der Waals surface area (Å²) in [4.78, 5) is 11.0.